The molecule has 110 valence electrons. The fraction of sp³-hybridized carbons (Fsp3) is 0.308. The van der Waals surface area contributed by atoms with E-state index in [2.05, 4.69) is 11.3 Å². The number of nitrogens with one attached hydrogen (secondary N) is 1. The minimum Gasteiger partial charge on any atom is -0.495 e. The van der Waals surface area contributed by atoms with Gasteiger partial charge in [0.25, 0.3) is 0 Å². The zero-order chi connectivity index (χ0) is 15.3. The van der Waals surface area contributed by atoms with E-state index < -0.39 is 22.0 Å². The number of aliphatic carboxylic acids is 1. The molecule has 2 N–H and O–H groups in total. The highest BCUT2D eigenvalue weighted by Crippen LogP contribution is 2.24. The van der Waals surface area contributed by atoms with Gasteiger partial charge in [0.05, 0.1) is 7.11 Å². The van der Waals surface area contributed by atoms with E-state index in [0.717, 1.165) is 5.56 Å². The second-order valence-electron chi connectivity index (χ2n) is 4.19. The van der Waals surface area contributed by atoms with Gasteiger partial charge in [0, 0.05) is 0 Å². The first-order valence-electron chi connectivity index (χ1n) is 5.82. The SMILES string of the molecule is C=CCC(NS(=O)(=O)c1cc(C)ccc1OC)C(=O)O. The van der Waals surface area contributed by atoms with Gasteiger partial charge in [0.1, 0.15) is 16.7 Å². The van der Waals surface area contributed by atoms with E-state index in [4.69, 9.17) is 9.84 Å². The monoisotopic (exact) mass is 299 g/mol. The molecule has 0 fully saturated rings. The predicted octanol–water partition coefficient (Wildman–Crippen LogP) is 1.31. The average molecular weight is 299 g/mol. The lowest BCUT2D eigenvalue weighted by atomic mass is 10.2. The second-order valence-corrected chi connectivity index (χ2v) is 5.87. The lowest BCUT2D eigenvalue weighted by Crippen LogP contribution is -2.40. The van der Waals surface area contributed by atoms with Crippen LogP contribution in [0, 0.1) is 6.92 Å². The van der Waals surface area contributed by atoms with Crippen molar-refractivity contribution in [1.29, 1.82) is 0 Å². The van der Waals surface area contributed by atoms with Crippen LogP contribution < -0.4 is 9.46 Å². The van der Waals surface area contributed by atoms with Crippen molar-refractivity contribution < 1.29 is 23.1 Å². The molecule has 1 rings (SSSR count). The molecular weight excluding hydrogens is 282 g/mol. The molecule has 1 aromatic carbocycles. The van der Waals surface area contributed by atoms with Gasteiger partial charge in [-0.25, -0.2) is 8.42 Å². The largest absolute Gasteiger partial charge is 0.495 e. The molecule has 1 atom stereocenters. The Bertz CT molecular complexity index is 609. The Balaban J connectivity index is 3.19. The average Bonchev–Trinajstić information content (AvgIpc) is 2.38. The number of carbonyl (C=O) groups is 1. The van der Waals surface area contributed by atoms with Crippen molar-refractivity contribution in [3.63, 3.8) is 0 Å². The van der Waals surface area contributed by atoms with Crippen LogP contribution in [-0.2, 0) is 14.8 Å². The van der Waals surface area contributed by atoms with Crippen molar-refractivity contribution in [2.75, 3.05) is 7.11 Å². The van der Waals surface area contributed by atoms with Crippen molar-refractivity contribution in [2.45, 2.75) is 24.3 Å². The van der Waals surface area contributed by atoms with Gasteiger partial charge >= 0.3 is 5.97 Å². The van der Waals surface area contributed by atoms with Gasteiger partial charge in [0.15, 0.2) is 0 Å². The summed E-state index contributed by atoms with van der Waals surface area (Å²) in [7, 11) is -2.65. The molecule has 0 bridgehead atoms. The topological polar surface area (TPSA) is 92.7 Å². The van der Waals surface area contributed by atoms with Crippen molar-refractivity contribution in [2.24, 2.45) is 0 Å². The van der Waals surface area contributed by atoms with Crippen molar-refractivity contribution in [1.82, 2.24) is 4.72 Å². The van der Waals surface area contributed by atoms with Gasteiger partial charge in [-0.15, -0.1) is 6.58 Å². The van der Waals surface area contributed by atoms with E-state index in [0.29, 0.717) is 0 Å². The summed E-state index contributed by atoms with van der Waals surface area (Å²) >= 11 is 0. The lowest BCUT2D eigenvalue weighted by molar-refractivity contribution is -0.138. The number of sulfonamides is 1. The summed E-state index contributed by atoms with van der Waals surface area (Å²) in [4.78, 5) is 10.9. The zero-order valence-corrected chi connectivity index (χ0v) is 12.1. The predicted molar refractivity (Wildman–Crippen MR) is 74.3 cm³/mol. The third kappa shape index (κ3) is 3.82. The van der Waals surface area contributed by atoms with Crippen LogP contribution in [0.25, 0.3) is 0 Å². The van der Waals surface area contributed by atoms with Crippen LogP contribution in [0.15, 0.2) is 35.7 Å². The Morgan fingerprint density at radius 3 is 2.70 bits per heavy atom. The Kier molecular flexibility index (Phi) is 5.29. The van der Waals surface area contributed by atoms with Gasteiger partial charge < -0.3 is 9.84 Å². The number of carboxylic acid groups (broad SMARTS) is 1. The molecule has 0 aromatic heterocycles. The minimum atomic E-state index is -4.00. The summed E-state index contributed by atoms with van der Waals surface area (Å²) in [5, 5.41) is 8.99. The summed E-state index contributed by atoms with van der Waals surface area (Å²) in [6.07, 6.45) is 1.33. The standard InChI is InChI=1S/C13H17NO5S/c1-4-5-10(13(15)16)14-20(17,18)12-8-9(2)6-7-11(12)19-3/h4,6-8,10,14H,1,5H2,2-3H3,(H,15,16). The highest BCUT2D eigenvalue weighted by Gasteiger charge is 2.26. The highest BCUT2D eigenvalue weighted by atomic mass is 32.2. The first-order valence-corrected chi connectivity index (χ1v) is 7.30. The van der Waals surface area contributed by atoms with E-state index in [-0.39, 0.29) is 17.1 Å². The van der Waals surface area contributed by atoms with Crippen molar-refractivity contribution in [3.05, 3.63) is 36.4 Å². The van der Waals surface area contributed by atoms with E-state index in [9.17, 15) is 13.2 Å². The van der Waals surface area contributed by atoms with Crippen LogP contribution in [0.5, 0.6) is 5.75 Å². The number of hydrogen-bond donors (Lipinski definition) is 2. The van der Waals surface area contributed by atoms with Crippen molar-refractivity contribution >= 4 is 16.0 Å². The van der Waals surface area contributed by atoms with E-state index in [1.165, 1.54) is 25.3 Å². The molecule has 20 heavy (non-hydrogen) atoms. The molecule has 0 aliphatic heterocycles. The maximum atomic E-state index is 12.3. The molecule has 1 aromatic rings. The van der Waals surface area contributed by atoms with Crippen LogP contribution in [0.1, 0.15) is 12.0 Å². The number of benzene rings is 1. The van der Waals surface area contributed by atoms with E-state index in [1.807, 2.05) is 0 Å². The lowest BCUT2D eigenvalue weighted by Gasteiger charge is -2.15. The quantitative estimate of drug-likeness (QED) is 0.741. The van der Waals surface area contributed by atoms with Crippen LogP contribution in [0.2, 0.25) is 0 Å². The Morgan fingerprint density at radius 1 is 1.55 bits per heavy atom. The maximum absolute atomic E-state index is 12.3. The summed E-state index contributed by atoms with van der Waals surface area (Å²) in [5.74, 6) is -1.11. The molecule has 0 aliphatic rings. The molecule has 1 unspecified atom stereocenters. The Hall–Kier alpha value is -1.86. The summed E-state index contributed by atoms with van der Waals surface area (Å²) in [6, 6.07) is 3.39. The molecule has 7 heteroatoms. The highest BCUT2D eigenvalue weighted by molar-refractivity contribution is 7.89. The van der Waals surface area contributed by atoms with Crippen LogP contribution in [0.4, 0.5) is 0 Å². The molecule has 0 spiro atoms. The van der Waals surface area contributed by atoms with Gasteiger partial charge in [-0.1, -0.05) is 12.1 Å². The third-order valence-corrected chi connectivity index (χ3v) is 4.10. The number of hydrogen-bond acceptors (Lipinski definition) is 4. The number of aryl methyl sites for hydroxylation is 1. The van der Waals surface area contributed by atoms with Crippen LogP contribution in [-0.4, -0.2) is 32.6 Å². The van der Waals surface area contributed by atoms with Gasteiger partial charge in [0.2, 0.25) is 10.0 Å². The molecule has 0 saturated carbocycles. The van der Waals surface area contributed by atoms with Crippen molar-refractivity contribution in [3.8, 4) is 5.75 Å². The van der Waals surface area contributed by atoms with E-state index in [1.54, 1.807) is 13.0 Å². The smallest absolute Gasteiger partial charge is 0.322 e. The van der Waals surface area contributed by atoms with Crippen LogP contribution >= 0.6 is 0 Å². The molecule has 0 amide bonds. The Labute approximate surface area is 118 Å². The number of ether oxygens (including phenoxy) is 1. The fourth-order valence-electron chi connectivity index (χ4n) is 1.61. The second kappa shape index (κ2) is 6.53. The van der Waals surface area contributed by atoms with E-state index >= 15 is 0 Å². The summed E-state index contributed by atoms with van der Waals surface area (Å²) < 4.78 is 31.7. The molecule has 6 nitrogen and oxygen atoms in total. The number of methoxy groups -OCH3 is 1. The first kappa shape index (κ1) is 16.2. The molecule has 0 radical (unpaired) electrons. The first-order chi connectivity index (χ1) is 9.31. The zero-order valence-electron chi connectivity index (χ0n) is 11.3. The molecule has 0 heterocycles. The summed E-state index contributed by atoms with van der Waals surface area (Å²) in [5.41, 5.74) is 0.724. The summed E-state index contributed by atoms with van der Waals surface area (Å²) in [6.45, 7) is 5.14. The molecular formula is C13H17NO5S. The Morgan fingerprint density at radius 2 is 2.20 bits per heavy atom. The molecule has 0 aliphatic carbocycles. The normalized spacial score (nSPS) is 12.7. The fourth-order valence-corrected chi connectivity index (χ4v) is 3.07. The number of rotatable bonds is 7. The van der Waals surface area contributed by atoms with Gasteiger partial charge in [-0.3, -0.25) is 4.79 Å². The minimum absolute atomic E-state index is 0.0112. The number of carboxylic acids is 1. The third-order valence-electron chi connectivity index (χ3n) is 2.61. The molecule has 0 saturated heterocycles. The van der Waals surface area contributed by atoms with Crippen LogP contribution in [0.3, 0.4) is 0 Å². The van der Waals surface area contributed by atoms with Gasteiger partial charge in [-0.05, 0) is 31.0 Å². The van der Waals surface area contributed by atoms with Gasteiger partial charge in [-0.2, -0.15) is 4.72 Å². The maximum Gasteiger partial charge on any atom is 0.322 e.